The minimum Gasteiger partial charge on any atom is -0.492 e. The van der Waals surface area contributed by atoms with E-state index in [9.17, 15) is 0 Å². The third-order valence-corrected chi connectivity index (χ3v) is 6.65. The highest BCUT2D eigenvalue weighted by Gasteiger charge is 2.39. The summed E-state index contributed by atoms with van der Waals surface area (Å²) in [6.07, 6.45) is 11.2. The number of aryl methyl sites for hydroxylation is 1. The zero-order chi connectivity index (χ0) is 24.5. The Balaban J connectivity index is 1.21. The molecule has 3 heterocycles. The van der Waals surface area contributed by atoms with Gasteiger partial charge in [-0.05, 0) is 30.5 Å². The molecule has 2 aliphatic rings. The molecule has 1 saturated carbocycles. The number of ether oxygens (including phenoxy) is 1. The maximum Gasteiger partial charge on any atom is 0.226 e. The van der Waals surface area contributed by atoms with Crippen molar-refractivity contribution in [1.29, 1.82) is 0 Å². The van der Waals surface area contributed by atoms with Gasteiger partial charge >= 0.3 is 0 Å². The molecule has 3 aromatic rings. The van der Waals surface area contributed by atoms with Gasteiger partial charge in [0.2, 0.25) is 5.95 Å². The molecule has 4 N–H and O–H groups in total. The molecule has 0 spiro atoms. The van der Waals surface area contributed by atoms with Crippen LogP contribution in [0, 0.1) is 12.3 Å². The SMILES string of the molecule is C#CCCC1(CCOc2ccc(CNc3nc(NCC4(N)CC4)nc4c3cnn4C)cc2Cl)N=N1. The van der Waals surface area contributed by atoms with E-state index in [0.29, 0.717) is 55.1 Å². The number of nitrogens with two attached hydrogens (primary N) is 1. The first-order valence-corrected chi connectivity index (χ1v) is 12.0. The van der Waals surface area contributed by atoms with Gasteiger partial charge in [0.25, 0.3) is 0 Å². The fourth-order valence-corrected chi connectivity index (χ4v) is 4.04. The van der Waals surface area contributed by atoms with Crippen molar-refractivity contribution in [3.05, 3.63) is 35.0 Å². The second-order valence-corrected chi connectivity index (χ2v) is 9.63. The van der Waals surface area contributed by atoms with E-state index in [0.717, 1.165) is 35.9 Å². The maximum absolute atomic E-state index is 6.49. The number of benzene rings is 1. The van der Waals surface area contributed by atoms with Crippen molar-refractivity contribution in [1.82, 2.24) is 19.7 Å². The van der Waals surface area contributed by atoms with Crippen molar-refractivity contribution in [2.75, 3.05) is 23.8 Å². The molecule has 1 aliphatic carbocycles. The highest BCUT2D eigenvalue weighted by atomic mass is 35.5. The Hall–Kier alpha value is -3.42. The predicted octanol–water partition coefficient (Wildman–Crippen LogP) is 3.88. The number of hydrogen-bond donors (Lipinski definition) is 3. The molecule has 10 nitrogen and oxygen atoms in total. The van der Waals surface area contributed by atoms with E-state index < -0.39 is 0 Å². The van der Waals surface area contributed by atoms with Crippen LogP contribution in [0.4, 0.5) is 11.8 Å². The average Bonchev–Trinajstić information content (AvgIpc) is 3.76. The Morgan fingerprint density at radius 2 is 2.06 bits per heavy atom. The van der Waals surface area contributed by atoms with Crippen molar-refractivity contribution in [3.63, 3.8) is 0 Å². The van der Waals surface area contributed by atoms with Gasteiger partial charge in [-0.15, -0.1) is 12.3 Å². The smallest absolute Gasteiger partial charge is 0.226 e. The number of rotatable bonds is 12. The van der Waals surface area contributed by atoms with Crippen LogP contribution in [0.2, 0.25) is 5.02 Å². The van der Waals surface area contributed by atoms with Gasteiger partial charge in [-0.3, -0.25) is 4.68 Å². The molecule has 35 heavy (non-hydrogen) atoms. The van der Waals surface area contributed by atoms with E-state index in [1.807, 2.05) is 25.2 Å². The van der Waals surface area contributed by atoms with E-state index in [2.05, 4.69) is 41.8 Å². The van der Waals surface area contributed by atoms with Crippen LogP contribution >= 0.6 is 11.6 Å². The summed E-state index contributed by atoms with van der Waals surface area (Å²) < 4.78 is 7.60. The third-order valence-electron chi connectivity index (χ3n) is 6.35. The zero-order valence-electron chi connectivity index (χ0n) is 19.6. The lowest BCUT2D eigenvalue weighted by molar-refractivity contribution is 0.284. The second kappa shape index (κ2) is 9.32. The molecule has 1 aromatic carbocycles. The zero-order valence-corrected chi connectivity index (χ0v) is 20.3. The number of fused-ring (bicyclic) bond motifs is 1. The molecule has 1 aliphatic heterocycles. The topological polar surface area (TPSA) is 128 Å². The molecule has 0 radical (unpaired) electrons. The van der Waals surface area contributed by atoms with Gasteiger partial charge in [-0.25, -0.2) is 0 Å². The van der Waals surface area contributed by atoms with Crippen LogP contribution in [0.5, 0.6) is 5.75 Å². The van der Waals surface area contributed by atoms with Gasteiger partial charge in [0.15, 0.2) is 11.3 Å². The highest BCUT2D eigenvalue weighted by molar-refractivity contribution is 6.32. The highest BCUT2D eigenvalue weighted by Crippen LogP contribution is 2.37. The van der Waals surface area contributed by atoms with Gasteiger partial charge in [0, 0.05) is 44.9 Å². The van der Waals surface area contributed by atoms with Crippen molar-refractivity contribution in [2.45, 2.75) is 49.9 Å². The van der Waals surface area contributed by atoms with E-state index in [4.69, 9.17) is 28.5 Å². The molecular weight excluding hydrogens is 466 g/mol. The van der Waals surface area contributed by atoms with Crippen LogP contribution in [0.1, 0.15) is 37.7 Å². The largest absolute Gasteiger partial charge is 0.492 e. The van der Waals surface area contributed by atoms with Crippen LogP contribution in [-0.2, 0) is 13.6 Å². The second-order valence-electron chi connectivity index (χ2n) is 9.22. The Bertz CT molecular complexity index is 1300. The van der Waals surface area contributed by atoms with Gasteiger partial charge in [0.05, 0.1) is 23.2 Å². The minimum absolute atomic E-state index is 0.149. The molecule has 182 valence electrons. The fraction of sp³-hybridized carbons (Fsp3) is 0.458. The van der Waals surface area contributed by atoms with Crippen molar-refractivity contribution < 1.29 is 4.74 Å². The van der Waals surface area contributed by atoms with Crippen LogP contribution < -0.4 is 21.1 Å². The number of anilines is 2. The van der Waals surface area contributed by atoms with E-state index in [1.54, 1.807) is 10.9 Å². The first kappa shape index (κ1) is 23.3. The number of aromatic nitrogens is 4. The lowest BCUT2D eigenvalue weighted by Crippen LogP contribution is -2.31. The number of nitrogens with zero attached hydrogens (tertiary/aromatic N) is 6. The molecule has 5 rings (SSSR count). The molecule has 0 bridgehead atoms. The summed E-state index contributed by atoms with van der Waals surface area (Å²) in [5.74, 6) is 4.47. The van der Waals surface area contributed by atoms with Crippen LogP contribution in [0.25, 0.3) is 11.0 Å². The molecule has 0 unspecified atom stereocenters. The Labute approximate surface area is 208 Å². The lowest BCUT2D eigenvalue weighted by atomic mass is 10.1. The van der Waals surface area contributed by atoms with E-state index >= 15 is 0 Å². The van der Waals surface area contributed by atoms with Crippen LogP contribution in [-0.4, -0.2) is 44.1 Å². The summed E-state index contributed by atoms with van der Waals surface area (Å²) in [6.45, 7) is 1.63. The summed E-state index contributed by atoms with van der Waals surface area (Å²) in [7, 11) is 1.86. The third kappa shape index (κ3) is 5.47. The molecule has 0 amide bonds. The van der Waals surface area contributed by atoms with Crippen LogP contribution in [0.15, 0.2) is 34.6 Å². The summed E-state index contributed by atoms with van der Waals surface area (Å²) >= 11 is 6.49. The average molecular weight is 494 g/mol. The van der Waals surface area contributed by atoms with Crippen molar-refractivity contribution >= 4 is 34.4 Å². The Morgan fingerprint density at radius 3 is 2.77 bits per heavy atom. The molecule has 2 aromatic heterocycles. The Morgan fingerprint density at radius 1 is 1.23 bits per heavy atom. The molecule has 11 heteroatoms. The van der Waals surface area contributed by atoms with E-state index in [1.165, 1.54) is 0 Å². The first-order valence-electron chi connectivity index (χ1n) is 11.6. The van der Waals surface area contributed by atoms with Gasteiger partial charge < -0.3 is 21.1 Å². The standard InChI is InChI=1S/C24H28ClN9O/c1-3-4-7-24(32-33-24)10-11-35-19-6-5-16(12-18(19)25)13-27-20-17-14-29-34(2)21(17)31-22(30-20)28-15-23(26)8-9-23/h1,5-6,12,14H,4,7-11,13,15,26H2,2H3,(H2,27,28,30,31). The van der Waals surface area contributed by atoms with Gasteiger partial charge in [-0.2, -0.15) is 25.3 Å². The summed E-state index contributed by atoms with van der Waals surface area (Å²) in [6, 6.07) is 5.73. The quantitative estimate of drug-likeness (QED) is 0.327. The number of nitrogens with one attached hydrogen (secondary N) is 2. The first-order chi connectivity index (χ1) is 16.9. The number of hydrogen-bond acceptors (Lipinski definition) is 9. The molecular formula is C24H28ClN9O. The number of halogens is 1. The fourth-order valence-electron chi connectivity index (χ4n) is 3.78. The molecule has 0 atom stereocenters. The molecule has 1 fully saturated rings. The monoisotopic (exact) mass is 493 g/mol. The predicted molar refractivity (Wildman–Crippen MR) is 135 cm³/mol. The summed E-state index contributed by atoms with van der Waals surface area (Å²) in [5.41, 5.74) is 7.41. The Kier molecular flexibility index (Phi) is 6.21. The van der Waals surface area contributed by atoms with Gasteiger partial charge in [0.1, 0.15) is 11.6 Å². The van der Waals surface area contributed by atoms with Gasteiger partial charge in [-0.1, -0.05) is 17.7 Å². The van der Waals surface area contributed by atoms with E-state index in [-0.39, 0.29) is 11.2 Å². The minimum atomic E-state index is -0.366. The normalized spacial score (nSPS) is 16.6. The van der Waals surface area contributed by atoms with Crippen LogP contribution in [0.3, 0.4) is 0 Å². The maximum atomic E-state index is 6.49. The summed E-state index contributed by atoms with van der Waals surface area (Å²) in [4.78, 5) is 9.26. The summed E-state index contributed by atoms with van der Waals surface area (Å²) in [5, 5.41) is 20.6. The number of terminal acetylenes is 1. The lowest BCUT2D eigenvalue weighted by Gasteiger charge is -2.14. The van der Waals surface area contributed by atoms with Crippen molar-refractivity contribution in [3.8, 4) is 18.1 Å². The van der Waals surface area contributed by atoms with Crippen molar-refractivity contribution in [2.24, 2.45) is 23.0 Å². The molecule has 0 saturated heterocycles.